The molecule has 0 spiro atoms. The molecule has 0 aliphatic carbocycles. The van der Waals surface area contributed by atoms with Crippen LogP contribution in [-0.2, 0) is 22.8 Å². The van der Waals surface area contributed by atoms with Crippen LogP contribution in [0.3, 0.4) is 0 Å². The molecule has 3 heterocycles. The SMILES string of the molecule is O=C(Nc1ccc(F)c(Cl)c1)C1=CC(c2nccs2)=N[S+]([O-])N1CCc1c[nH]nn1. The fourth-order valence-corrected chi connectivity index (χ4v) is 4.40. The van der Waals surface area contributed by atoms with E-state index in [4.69, 9.17) is 11.6 Å². The van der Waals surface area contributed by atoms with Gasteiger partial charge in [0, 0.05) is 36.0 Å². The number of nitrogens with zero attached hydrogens (tertiary/aromatic N) is 5. The number of anilines is 1. The lowest BCUT2D eigenvalue weighted by Crippen LogP contribution is -2.39. The van der Waals surface area contributed by atoms with E-state index in [2.05, 4.69) is 30.1 Å². The molecule has 13 heteroatoms. The van der Waals surface area contributed by atoms with Gasteiger partial charge in [-0.3, -0.25) is 9.89 Å². The average Bonchev–Trinajstić information content (AvgIpc) is 3.43. The minimum Gasteiger partial charge on any atom is -0.566 e. The Hall–Kier alpha value is -2.80. The monoisotopic (exact) mass is 465 g/mol. The van der Waals surface area contributed by atoms with Crippen LogP contribution < -0.4 is 5.32 Å². The molecule has 0 bridgehead atoms. The molecule has 1 unspecified atom stereocenters. The molecule has 0 saturated carbocycles. The van der Waals surface area contributed by atoms with Crippen LogP contribution in [0.1, 0.15) is 10.7 Å². The first kappa shape index (κ1) is 20.5. The van der Waals surface area contributed by atoms with Crippen molar-refractivity contribution < 1.29 is 13.7 Å². The molecule has 1 atom stereocenters. The smallest absolute Gasteiger partial charge is 0.276 e. The number of hydrogen-bond donors (Lipinski definition) is 2. The number of aromatic amines is 1. The third-order valence-electron chi connectivity index (χ3n) is 4.01. The lowest BCUT2D eigenvalue weighted by Gasteiger charge is -2.26. The molecule has 1 aliphatic heterocycles. The van der Waals surface area contributed by atoms with Crippen LogP contribution in [0.5, 0.6) is 0 Å². The minimum atomic E-state index is -1.86. The van der Waals surface area contributed by atoms with Crippen LogP contribution >= 0.6 is 22.9 Å². The van der Waals surface area contributed by atoms with Crippen molar-refractivity contribution in [3.8, 4) is 0 Å². The van der Waals surface area contributed by atoms with E-state index < -0.39 is 23.3 Å². The fourth-order valence-electron chi connectivity index (χ4n) is 2.61. The Morgan fingerprint density at radius 2 is 2.30 bits per heavy atom. The number of benzene rings is 1. The van der Waals surface area contributed by atoms with Gasteiger partial charge in [-0.25, -0.2) is 9.37 Å². The van der Waals surface area contributed by atoms with E-state index in [1.807, 2.05) is 0 Å². The highest BCUT2D eigenvalue weighted by Gasteiger charge is 2.34. The highest BCUT2D eigenvalue weighted by molar-refractivity contribution is 7.88. The molecule has 2 aromatic heterocycles. The highest BCUT2D eigenvalue weighted by Crippen LogP contribution is 2.25. The predicted octanol–water partition coefficient (Wildman–Crippen LogP) is 2.50. The zero-order chi connectivity index (χ0) is 21.1. The average molecular weight is 466 g/mol. The summed E-state index contributed by atoms with van der Waals surface area (Å²) in [4.78, 5) is 17.2. The molecule has 30 heavy (non-hydrogen) atoms. The number of carbonyl (C=O) groups excluding carboxylic acids is 1. The van der Waals surface area contributed by atoms with Crippen molar-refractivity contribution in [2.75, 3.05) is 11.9 Å². The van der Waals surface area contributed by atoms with Gasteiger partial charge < -0.3 is 9.87 Å². The summed E-state index contributed by atoms with van der Waals surface area (Å²) in [6.45, 7) is 0.206. The Kier molecular flexibility index (Phi) is 6.08. The van der Waals surface area contributed by atoms with Crippen molar-refractivity contribution in [3.63, 3.8) is 0 Å². The zero-order valence-electron chi connectivity index (χ0n) is 15.1. The largest absolute Gasteiger partial charge is 0.566 e. The second kappa shape index (κ2) is 8.92. The van der Waals surface area contributed by atoms with Crippen molar-refractivity contribution in [1.29, 1.82) is 0 Å². The lowest BCUT2D eigenvalue weighted by molar-refractivity contribution is -0.113. The number of hydrogen-bond acceptors (Lipinski definition) is 8. The fraction of sp³-hybridized carbons (Fsp3) is 0.118. The first-order valence-electron chi connectivity index (χ1n) is 8.53. The van der Waals surface area contributed by atoms with Crippen LogP contribution in [0.25, 0.3) is 0 Å². The Balaban J connectivity index is 1.61. The summed E-state index contributed by atoms with van der Waals surface area (Å²) >= 11 is 5.25. The Labute approximate surface area is 182 Å². The molecule has 0 radical (unpaired) electrons. The van der Waals surface area contributed by atoms with Gasteiger partial charge in [-0.15, -0.1) is 16.4 Å². The molecular weight excluding hydrogens is 453 g/mol. The summed E-state index contributed by atoms with van der Waals surface area (Å²) in [6.07, 6.45) is 5.11. The standard InChI is InChI=1S/C17H13ClFN7O2S2/c18-12-7-10(1-2-13(12)19)22-16(27)15-8-14(17-20-4-6-29-17)24-30(28)26(15)5-3-11-9-21-25-23-11/h1-2,4,6-9H,3,5H2,(H,22,27)(H,21,23,25). The van der Waals surface area contributed by atoms with E-state index in [1.165, 1.54) is 33.9 Å². The second-order valence-corrected chi connectivity index (χ2v) is 8.36. The number of halogens is 2. The van der Waals surface area contributed by atoms with Crippen LogP contribution in [0.15, 0.2) is 52.1 Å². The second-order valence-electron chi connectivity index (χ2n) is 5.97. The topological polar surface area (TPSA) is 122 Å². The van der Waals surface area contributed by atoms with Gasteiger partial charge in [0.05, 0.1) is 17.3 Å². The molecule has 1 amide bonds. The quantitative estimate of drug-likeness (QED) is 0.539. The maximum absolute atomic E-state index is 13.4. The van der Waals surface area contributed by atoms with Gasteiger partial charge in [-0.2, -0.15) is 4.31 Å². The third kappa shape index (κ3) is 4.51. The van der Waals surface area contributed by atoms with E-state index >= 15 is 0 Å². The molecule has 9 nitrogen and oxygen atoms in total. The van der Waals surface area contributed by atoms with Gasteiger partial charge in [-0.05, 0) is 22.6 Å². The summed E-state index contributed by atoms with van der Waals surface area (Å²) in [5, 5.41) is 14.9. The number of amides is 1. The number of rotatable bonds is 6. The van der Waals surface area contributed by atoms with Gasteiger partial charge in [0.15, 0.2) is 11.4 Å². The Morgan fingerprint density at radius 1 is 1.43 bits per heavy atom. The number of aromatic nitrogens is 4. The molecule has 0 saturated heterocycles. The number of carbonyl (C=O) groups is 1. The van der Waals surface area contributed by atoms with Gasteiger partial charge in [0.2, 0.25) is 11.5 Å². The first-order chi connectivity index (χ1) is 14.5. The first-order valence-corrected chi connectivity index (χ1v) is 10.8. The minimum absolute atomic E-state index is 0.123. The Morgan fingerprint density at radius 3 is 3.00 bits per heavy atom. The number of thiazole rings is 1. The zero-order valence-corrected chi connectivity index (χ0v) is 17.5. The van der Waals surface area contributed by atoms with E-state index in [-0.39, 0.29) is 17.3 Å². The van der Waals surface area contributed by atoms with Crippen LogP contribution in [0.2, 0.25) is 5.02 Å². The lowest BCUT2D eigenvalue weighted by atomic mass is 10.2. The van der Waals surface area contributed by atoms with E-state index in [0.717, 1.165) is 6.07 Å². The van der Waals surface area contributed by atoms with Crippen molar-refractivity contribution in [3.05, 3.63) is 69.3 Å². The Bertz CT molecular complexity index is 1110. The summed E-state index contributed by atoms with van der Waals surface area (Å²) in [6, 6.07) is 3.83. The molecule has 4 rings (SSSR count). The summed E-state index contributed by atoms with van der Waals surface area (Å²) in [5.74, 6) is -1.14. The third-order valence-corrected chi connectivity index (χ3v) is 6.20. The van der Waals surface area contributed by atoms with Crippen LogP contribution in [0.4, 0.5) is 10.1 Å². The van der Waals surface area contributed by atoms with Crippen LogP contribution in [0, 0.1) is 5.82 Å². The van der Waals surface area contributed by atoms with E-state index in [9.17, 15) is 13.7 Å². The molecule has 154 valence electrons. The number of H-pyrrole nitrogens is 1. The predicted molar refractivity (Wildman–Crippen MR) is 112 cm³/mol. The van der Waals surface area contributed by atoms with Gasteiger partial charge >= 0.3 is 0 Å². The van der Waals surface area contributed by atoms with Gasteiger partial charge in [-0.1, -0.05) is 16.8 Å². The maximum Gasteiger partial charge on any atom is 0.276 e. The molecular formula is C17H13ClFN7O2S2. The molecule has 2 N–H and O–H groups in total. The maximum atomic E-state index is 13.4. The van der Waals surface area contributed by atoms with E-state index in [0.29, 0.717) is 28.5 Å². The summed E-state index contributed by atoms with van der Waals surface area (Å²) in [7, 11) is 0. The highest BCUT2D eigenvalue weighted by atomic mass is 35.5. The molecule has 3 aromatic rings. The van der Waals surface area contributed by atoms with E-state index in [1.54, 1.807) is 17.8 Å². The van der Waals surface area contributed by atoms with Crippen molar-refractivity contribution in [2.45, 2.75) is 6.42 Å². The van der Waals surface area contributed by atoms with Crippen molar-refractivity contribution >= 4 is 51.8 Å². The van der Waals surface area contributed by atoms with Crippen LogP contribution in [-0.4, -0.2) is 47.4 Å². The van der Waals surface area contributed by atoms with Gasteiger partial charge in [0.1, 0.15) is 10.8 Å². The van der Waals surface area contributed by atoms with Gasteiger partial charge in [0.25, 0.3) is 5.91 Å². The summed E-state index contributed by atoms with van der Waals surface area (Å²) < 4.78 is 31.7. The van der Waals surface area contributed by atoms with Crippen molar-refractivity contribution in [2.24, 2.45) is 4.40 Å². The molecule has 1 aromatic carbocycles. The van der Waals surface area contributed by atoms with Crippen molar-refractivity contribution in [1.82, 2.24) is 24.7 Å². The molecule has 0 fully saturated rings. The number of nitrogens with one attached hydrogen (secondary N) is 2. The number of allylic oxidation sites excluding steroid dienone is 1. The summed E-state index contributed by atoms with van der Waals surface area (Å²) in [5.41, 5.74) is 1.40. The molecule has 1 aliphatic rings. The normalized spacial score (nSPS) is 16.2.